The van der Waals surface area contributed by atoms with Crippen LogP contribution in [0.1, 0.15) is 206 Å². The molecule has 0 saturated heterocycles. The van der Waals surface area contributed by atoms with Gasteiger partial charge in [-0.2, -0.15) is 0 Å². The van der Waals surface area contributed by atoms with Crippen molar-refractivity contribution in [1.29, 1.82) is 0 Å². The van der Waals surface area contributed by atoms with Gasteiger partial charge in [0.2, 0.25) is 0 Å². The quantitative estimate of drug-likeness (QED) is 0.0267. The van der Waals surface area contributed by atoms with Crippen LogP contribution < -0.4 is 5.73 Å². The Kier molecular flexibility index (Phi) is 42.0. The van der Waals surface area contributed by atoms with Crippen molar-refractivity contribution in [3.05, 3.63) is 48.6 Å². The van der Waals surface area contributed by atoms with E-state index in [-0.39, 0.29) is 32.6 Å². The van der Waals surface area contributed by atoms with Crippen LogP contribution in [0.2, 0.25) is 0 Å². The summed E-state index contributed by atoms with van der Waals surface area (Å²) in [6.07, 6.45) is 50.1. The van der Waals surface area contributed by atoms with Crippen LogP contribution in [0.15, 0.2) is 48.6 Å². The molecule has 0 aromatic rings. The Bertz CT molecular complexity index is 1080. The first-order valence-electron chi connectivity index (χ1n) is 23.1. The Labute approximate surface area is 349 Å². The van der Waals surface area contributed by atoms with Gasteiger partial charge in [-0.15, -0.1) is 0 Å². The van der Waals surface area contributed by atoms with Gasteiger partial charge in [0.25, 0.3) is 0 Å². The standard InChI is InChI=1S/C47H86NO8P/c1-3-5-7-9-11-13-15-17-19-21-22-24-26-28-30-32-34-36-38-40-47(50)56-45(44-55-57(51,52)54-42-41-48)43-53-46(49)39-37-35-33-31-29-27-25-23-20-18-16-14-12-10-8-6-4-2/h17-20,25,27,31,33,45H,3-16,21-24,26,28-30,32,34-44,48H2,1-2H3,(H,51,52)/b19-17-,20-18-,27-25-,33-31-/t45-/m1/s1. The number of ether oxygens (including phenoxy) is 2. The number of unbranched alkanes of at least 4 members (excludes halogenated alkanes) is 22. The molecular weight excluding hydrogens is 737 g/mol. The van der Waals surface area contributed by atoms with Gasteiger partial charge in [0.05, 0.1) is 13.2 Å². The molecule has 1 unspecified atom stereocenters. The Morgan fingerprint density at radius 2 is 0.930 bits per heavy atom. The molecule has 2 atom stereocenters. The fraction of sp³-hybridized carbons (Fsp3) is 0.787. The predicted molar refractivity (Wildman–Crippen MR) is 238 cm³/mol. The lowest BCUT2D eigenvalue weighted by Crippen LogP contribution is -2.29. The minimum Gasteiger partial charge on any atom is -0.462 e. The normalized spacial score (nSPS) is 13.7. The molecule has 0 aromatic heterocycles. The summed E-state index contributed by atoms with van der Waals surface area (Å²) in [7, 11) is -4.39. The van der Waals surface area contributed by atoms with Crippen LogP contribution in [-0.2, 0) is 32.7 Å². The number of phosphoric acid groups is 1. The van der Waals surface area contributed by atoms with Gasteiger partial charge in [-0.3, -0.25) is 18.6 Å². The maximum absolute atomic E-state index is 12.6. The van der Waals surface area contributed by atoms with Crippen molar-refractivity contribution in [1.82, 2.24) is 0 Å². The average Bonchev–Trinajstić information content (AvgIpc) is 3.20. The second-order valence-corrected chi connectivity index (χ2v) is 16.7. The molecular formula is C47H86NO8P. The van der Waals surface area contributed by atoms with Gasteiger partial charge in [0, 0.05) is 19.4 Å². The number of allylic oxidation sites excluding steroid dienone is 8. The maximum atomic E-state index is 12.6. The third-order valence-corrected chi connectivity index (χ3v) is 10.7. The van der Waals surface area contributed by atoms with Crippen LogP contribution in [0.4, 0.5) is 0 Å². The van der Waals surface area contributed by atoms with Crippen LogP contribution in [-0.4, -0.2) is 49.3 Å². The van der Waals surface area contributed by atoms with Crippen LogP contribution in [0, 0.1) is 0 Å². The Morgan fingerprint density at radius 3 is 1.42 bits per heavy atom. The smallest absolute Gasteiger partial charge is 0.462 e. The molecule has 0 aliphatic rings. The van der Waals surface area contributed by atoms with Gasteiger partial charge in [-0.25, -0.2) is 4.57 Å². The predicted octanol–water partition coefficient (Wildman–Crippen LogP) is 13.5. The molecule has 10 heteroatoms. The van der Waals surface area contributed by atoms with E-state index in [4.69, 9.17) is 24.3 Å². The van der Waals surface area contributed by atoms with E-state index < -0.39 is 32.5 Å². The zero-order chi connectivity index (χ0) is 41.8. The van der Waals surface area contributed by atoms with E-state index in [1.807, 2.05) is 0 Å². The second kappa shape index (κ2) is 43.5. The molecule has 0 radical (unpaired) electrons. The fourth-order valence-electron chi connectivity index (χ4n) is 6.23. The van der Waals surface area contributed by atoms with E-state index in [1.165, 1.54) is 122 Å². The molecule has 0 fully saturated rings. The largest absolute Gasteiger partial charge is 0.472 e. The first-order valence-corrected chi connectivity index (χ1v) is 24.6. The molecule has 0 heterocycles. The summed E-state index contributed by atoms with van der Waals surface area (Å²) in [5.41, 5.74) is 5.35. The van der Waals surface area contributed by atoms with E-state index in [0.717, 1.165) is 44.9 Å². The molecule has 0 aliphatic heterocycles. The van der Waals surface area contributed by atoms with E-state index in [1.54, 1.807) is 0 Å². The van der Waals surface area contributed by atoms with Crippen LogP contribution in [0.5, 0.6) is 0 Å². The summed E-state index contributed by atoms with van der Waals surface area (Å²) in [5.74, 6) is -0.890. The van der Waals surface area contributed by atoms with Crippen molar-refractivity contribution in [3.8, 4) is 0 Å². The molecule has 0 spiro atoms. The van der Waals surface area contributed by atoms with Crippen LogP contribution in [0.3, 0.4) is 0 Å². The molecule has 57 heavy (non-hydrogen) atoms. The van der Waals surface area contributed by atoms with E-state index >= 15 is 0 Å². The molecule has 3 N–H and O–H groups in total. The van der Waals surface area contributed by atoms with Crippen molar-refractivity contribution in [2.75, 3.05) is 26.4 Å². The average molecular weight is 824 g/mol. The summed E-state index contributed by atoms with van der Waals surface area (Å²) in [6, 6.07) is 0. The van der Waals surface area contributed by atoms with Gasteiger partial charge < -0.3 is 20.1 Å². The van der Waals surface area contributed by atoms with Crippen molar-refractivity contribution in [2.45, 2.75) is 213 Å². The highest BCUT2D eigenvalue weighted by atomic mass is 31.2. The number of carbonyl (C=O) groups excluding carboxylic acids is 2. The Balaban J connectivity index is 4.19. The molecule has 0 saturated carbocycles. The summed E-state index contributed by atoms with van der Waals surface area (Å²) < 4.78 is 32.8. The number of hydrogen-bond acceptors (Lipinski definition) is 8. The summed E-state index contributed by atoms with van der Waals surface area (Å²) >= 11 is 0. The lowest BCUT2D eigenvalue weighted by molar-refractivity contribution is -0.161. The minimum atomic E-state index is -4.39. The summed E-state index contributed by atoms with van der Waals surface area (Å²) in [5, 5.41) is 0. The van der Waals surface area contributed by atoms with Crippen LogP contribution >= 0.6 is 7.82 Å². The van der Waals surface area contributed by atoms with Gasteiger partial charge in [0.15, 0.2) is 6.10 Å². The first-order chi connectivity index (χ1) is 27.8. The molecule has 0 rings (SSSR count). The zero-order valence-electron chi connectivity index (χ0n) is 36.6. The number of esters is 2. The topological polar surface area (TPSA) is 134 Å². The highest BCUT2D eigenvalue weighted by molar-refractivity contribution is 7.47. The minimum absolute atomic E-state index is 0.0457. The molecule has 332 valence electrons. The van der Waals surface area contributed by atoms with E-state index in [9.17, 15) is 19.0 Å². The van der Waals surface area contributed by atoms with Gasteiger partial charge >= 0.3 is 19.8 Å². The highest BCUT2D eigenvalue weighted by Crippen LogP contribution is 2.43. The van der Waals surface area contributed by atoms with Gasteiger partial charge in [-0.1, -0.05) is 172 Å². The Morgan fingerprint density at radius 1 is 0.526 bits per heavy atom. The highest BCUT2D eigenvalue weighted by Gasteiger charge is 2.26. The number of hydrogen-bond donors (Lipinski definition) is 2. The number of phosphoric ester groups is 1. The van der Waals surface area contributed by atoms with Gasteiger partial charge in [0.1, 0.15) is 6.61 Å². The number of rotatable bonds is 43. The van der Waals surface area contributed by atoms with E-state index in [0.29, 0.717) is 12.8 Å². The number of carbonyl (C=O) groups is 2. The van der Waals surface area contributed by atoms with Crippen LogP contribution in [0.25, 0.3) is 0 Å². The first kappa shape index (κ1) is 55.0. The van der Waals surface area contributed by atoms with Crippen molar-refractivity contribution in [3.63, 3.8) is 0 Å². The van der Waals surface area contributed by atoms with Crippen molar-refractivity contribution in [2.24, 2.45) is 5.73 Å². The van der Waals surface area contributed by atoms with Crippen molar-refractivity contribution < 1.29 is 37.6 Å². The summed E-state index contributed by atoms with van der Waals surface area (Å²) in [4.78, 5) is 34.9. The third-order valence-electron chi connectivity index (χ3n) is 9.69. The molecule has 0 aliphatic carbocycles. The molecule has 9 nitrogen and oxygen atoms in total. The molecule has 0 aromatic carbocycles. The van der Waals surface area contributed by atoms with E-state index in [2.05, 4.69) is 62.5 Å². The zero-order valence-corrected chi connectivity index (χ0v) is 37.5. The number of nitrogens with two attached hydrogens (primary N) is 1. The van der Waals surface area contributed by atoms with Gasteiger partial charge in [-0.05, 0) is 70.6 Å². The monoisotopic (exact) mass is 824 g/mol. The SMILES string of the molecule is CCCCCCCC/C=C\C/C=C\C/C=C\CCCC(=O)OC[C@H](COP(=O)(O)OCCN)OC(=O)CCCCCCCCCCC/C=C\CCCCCCCC. The maximum Gasteiger partial charge on any atom is 0.472 e. The fourth-order valence-corrected chi connectivity index (χ4v) is 7.00. The second-order valence-electron chi connectivity index (χ2n) is 15.3. The third kappa shape index (κ3) is 43.4. The lowest BCUT2D eigenvalue weighted by atomic mass is 10.1. The summed E-state index contributed by atoms with van der Waals surface area (Å²) in [6.45, 7) is 3.67. The molecule has 0 amide bonds. The lowest BCUT2D eigenvalue weighted by Gasteiger charge is -2.19. The Hall–Kier alpha value is -2.03. The van der Waals surface area contributed by atoms with Crippen molar-refractivity contribution >= 4 is 19.8 Å². The molecule has 0 bridgehead atoms.